The second kappa shape index (κ2) is 12.3. The van der Waals surface area contributed by atoms with Crippen molar-refractivity contribution in [3.8, 4) is 5.75 Å². The van der Waals surface area contributed by atoms with Crippen molar-refractivity contribution in [2.45, 2.75) is 44.7 Å². The molecule has 0 fully saturated rings. The van der Waals surface area contributed by atoms with E-state index in [1.165, 1.54) is 11.6 Å². The van der Waals surface area contributed by atoms with Crippen LogP contribution < -0.4 is 4.74 Å². The molecule has 5 heteroatoms. The molecule has 1 aliphatic rings. The minimum absolute atomic E-state index is 0.0513. The van der Waals surface area contributed by atoms with Crippen LogP contribution in [0.1, 0.15) is 25.3 Å². The molecule has 0 aromatic heterocycles. The minimum atomic E-state index is -0.246. The van der Waals surface area contributed by atoms with E-state index < -0.39 is 0 Å². The van der Waals surface area contributed by atoms with E-state index in [0.29, 0.717) is 19.6 Å². The standard InChI is InChI=1S/C23H30O5/c1-18-13-15-27-21(16-18)11-12-22(26-3)23(6-4-5-14-24)28-17-19-7-9-20(25-2)10-8-19/h4-5,7-14,21-23H,6,15-17H2,1-3H3/b5-4+,12-11+/t21-,22?,23+/m1/s1. The van der Waals surface area contributed by atoms with Gasteiger partial charge in [0.05, 0.1) is 32.5 Å². The lowest BCUT2D eigenvalue weighted by atomic mass is 10.0. The quantitative estimate of drug-likeness (QED) is 0.326. The molecule has 28 heavy (non-hydrogen) atoms. The van der Waals surface area contributed by atoms with Crippen LogP contribution in [0.15, 0.2) is 60.2 Å². The minimum Gasteiger partial charge on any atom is -0.497 e. The number of rotatable bonds is 11. The van der Waals surface area contributed by atoms with Gasteiger partial charge < -0.3 is 18.9 Å². The molecule has 1 heterocycles. The molecule has 3 atom stereocenters. The number of allylic oxidation sites excluding steroid dienone is 1. The maximum Gasteiger partial charge on any atom is 0.142 e. The number of carbonyl (C=O) groups is 1. The largest absolute Gasteiger partial charge is 0.497 e. The Morgan fingerprint density at radius 3 is 2.68 bits per heavy atom. The summed E-state index contributed by atoms with van der Waals surface area (Å²) in [6, 6.07) is 7.76. The molecule has 0 saturated heterocycles. The zero-order chi connectivity index (χ0) is 20.2. The van der Waals surface area contributed by atoms with Gasteiger partial charge in [0.25, 0.3) is 0 Å². The Kier molecular flexibility index (Phi) is 9.69. The van der Waals surface area contributed by atoms with Crippen LogP contribution in [0.4, 0.5) is 0 Å². The summed E-state index contributed by atoms with van der Waals surface area (Å²) in [7, 11) is 3.30. The van der Waals surface area contributed by atoms with Crippen LogP contribution in [0.3, 0.4) is 0 Å². The summed E-state index contributed by atoms with van der Waals surface area (Å²) in [5.41, 5.74) is 2.37. The fraction of sp³-hybridized carbons (Fsp3) is 0.435. The number of benzene rings is 1. The molecule has 0 saturated carbocycles. The third-order valence-corrected chi connectivity index (χ3v) is 4.63. The Hall–Kier alpha value is -2.21. The smallest absolute Gasteiger partial charge is 0.142 e. The SMILES string of the molecule is COc1ccc(CO[C@@H](C/C=C/C=O)C(/C=C/[C@@H]2CC(C)=CCO2)OC)cc1. The third-order valence-electron chi connectivity index (χ3n) is 4.63. The van der Waals surface area contributed by atoms with Crippen molar-refractivity contribution in [1.29, 1.82) is 0 Å². The van der Waals surface area contributed by atoms with Crippen molar-refractivity contribution in [3.63, 3.8) is 0 Å². The summed E-state index contributed by atoms with van der Waals surface area (Å²) in [4.78, 5) is 10.6. The van der Waals surface area contributed by atoms with Crippen LogP contribution in [0, 0.1) is 0 Å². The molecular weight excluding hydrogens is 356 g/mol. The van der Waals surface area contributed by atoms with Gasteiger partial charge in [0.2, 0.25) is 0 Å². The van der Waals surface area contributed by atoms with Gasteiger partial charge in [-0.1, -0.05) is 42.0 Å². The number of aldehydes is 1. The highest BCUT2D eigenvalue weighted by molar-refractivity contribution is 5.64. The van der Waals surface area contributed by atoms with Gasteiger partial charge in [0.1, 0.15) is 18.1 Å². The van der Waals surface area contributed by atoms with Crippen molar-refractivity contribution in [3.05, 3.63) is 65.8 Å². The highest BCUT2D eigenvalue weighted by atomic mass is 16.5. The van der Waals surface area contributed by atoms with Gasteiger partial charge in [-0.25, -0.2) is 0 Å². The van der Waals surface area contributed by atoms with Gasteiger partial charge >= 0.3 is 0 Å². The summed E-state index contributed by atoms with van der Waals surface area (Å²) < 4.78 is 22.7. The average molecular weight is 386 g/mol. The second-order valence-corrected chi connectivity index (χ2v) is 6.71. The van der Waals surface area contributed by atoms with Crippen molar-refractivity contribution in [1.82, 2.24) is 0 Å². The third kappa shape index (κ3) is 7.43. The first-order valence-electron chi connectivity index (χ1n) is 9.49. The van der Waals surface area contributed by atoms with Crippen molar-refractivity contribution in [2.24, 2.45) is 0 Å². The lowest BCUT2D eigenvalue weighted by molar-refractivity contribution is -0.104. The van der Waals surface area contributed by atoms with E-state index in [4.69, 9.17) is 18.9 Å². The Morgan fingerprint density at radius 2 is 2.04 bits per heavy atom. The van der Waals surface area contributed by atoms with E-state index >= 15 is 0 Å². The molecule has 0 spiro atoms. The molecule has 1 aromatic rings. The maximum absolute atomic E-state index is 10.6. The molecular formula is C23H30O5. The second-order valence-electron chi connectivity index (χ2n) is 6.71. The van der Waals surface area contributed by atoms with Crippen LogP contribution >= 0.6 is 0 Å². The first kappa shape index (κ1) is 22.1. The molecule has 0 aliphatic carbocycles. The first-order chi connectivity index (χ1) is 13.7. The Bertz CT molecular complexity index is 675. The zero-order valence-corrected chi connectivity index (χ0v) is 16.9. The van der Waals surface area contributed by atoms with Gasteiger partial charge in [-0.05, 0) is 43.5 Å². The summed E-state index contributed by atoms with van der Waals surface area (Å²) >= 11 is 0. The monoisotopic (exact) mass is 386 g/mol. The number of methoxy groups -OCH3 is 2. The van der Waals surface area contributed by atoms with Crippen LogP contribution in [0.2, 0.25) is 0 Å². The zero-order valence-electron chi connectivity index (χ0n) is 16.9. The van der Waals surface area contributed by atoms with E-state index in [1.54, 1.807) is 20.3 Å². The molecule has 0 N–H and O–H groups in total. The lowest BCUT2D eigenvalue weighted by Crippen LogP contribution is -2.29. The van der Waals surface area contributed by atoms with E-state index in [0.717, 1.165) is 24.0 Å². The average Bonchev–Trinajstić information content (AvgIpc) is 2.72. The predicted octanol–water partition coefficient (Wildman–Crippen LogP) is 4.03. The van der Waals surface area contributed by atoms with Crippen LogP contribution in [-0.2, 0) is 25.6 Å². The Balaban J connectivity index is 2.01. The number of ether oxygens (including phenoxy) is 4. The number of carbonyl (C=O) groups excluding carboxylic acids is 1. The Morgan fingerprint density at radius 1 is 1.25 bits per heavy atom. The molecule has 1 aliphatic heterocycles. The van der Waals surface area contributed by atoms with E-state index in [1.807, 2.05) is 36.4 Å². The molecule has 0 radical (unpaired) electrons. The van der Waals surface area contributed by atoms with Crippen LogP contribution in [0.25, 0.3) is 0 Å². The van der Waals surface area contributed by atoms with Crippen molar-refractivity contribution in [2.75, 3.05) is 20.8 Å². The number of hydrogen-bond donors (Lipinski definition) is 0. The van der Waals surface area contributed by atoms with Crippen molar-refractivity contribution < 1.29 is 23.7 Å². The fourth-order valence-corrected chi connectivity index (χ4v) is 2.98. The topological polar surface area (TPSA) is 54.0 Å². The van der Waals surface area contributed by atoms with Crippen LogP contribution in [-0.4, -0.2) is 45.4 Å². The van der Waals surface area contributed by atoms with Crippen LogP contribution in [0.5, 0.6) is 5.75 Å². The highest BCUT2D eigenvalue weighted by Crippen LogP contribution is 2.19. The van der Waals surface area contributed by atoms with E-state index in [9.17, 15) is 4.79 Å². The number of hydrogen-bond acceptors (Lipinski definition) is 5. The molecule has 1 aromatic carbocycles. The molecule has 2 rings (SSSR count). The van der Waals surface area contributed by atoms with E-state index in [-0.39, 0.29) is 18.3 Å². The Labute approximate surface area is 167 Å². The van der Waals surface area contributed by atoms with Gasteiger partial charge in [-0.3, -0.25) is 4.79 Å². The predicted molar refractivity (Wildman–Crippen MR) is 109 cm³/mol. The summed E-state index contributed by atoms with van der Waals surface area (Å²) in [5.74, 6) is 0.809. The van der Waals surface area contributed by atoms with Crippen molar-refractivity contribution >= 4 is 6.29 Å². The fourth-order valence-electron chi connectivity index (χ4n) is 2.98. The molecule has 0 bridgehead atoms. The van der Waals surface area contributed by atoms with Gasteiger partial charge in [0, 0.05) is 7.11 Å². The molecule has 0 amide bonds. The maximum atomic E-state index is 10.6. The summed E-state index contributed by atoms with van der Waals surface area (Å²) in [6.45, 7) is 3.19. The summed E-state index contributed by atoms with van der Waals surface area (Å²) in [6.07, 6.45) is 11.2. The summed E-state index contributed by atoms with van der Waals surface area (Å²) in [5, 5.41) is 0. The van der Waals surface area contributed by atoms with E-state index in [2.05, 4.69) is 13.0 Å². The normalized spacial score (nSPS) is 19.5. The first-order valence-corrected chi connectivity index (χ1v) is 9.49. The molecule has 1 unspecified atom stereocenters. The van der Waals surface area contributed by atoms with Gasteiger partial charge in [-0.15, -0.1) is 0 Å². The van der Waals surface area contributed by atoms with Gasteiger partial charge in [-0.2, -0.15) is 0 Å². The lowest BCUT2D eigenvalue weighted by Gasteiger charge is -2.24. The highest BCUT2D eigenvalue weighted by Gasteiger charge is 2.20. The molecule has 5 nitrogen and oxygen atoms in total. The van der Waals surface area contributed by atoms with Gasteiger partial charge in [0.15, 0.2) is 0 Å². The molecule has 152 valence electrons.